The minimum Gasteiger partial charge on any atom is -0.399 e. The molecule has 0 amide bonds. The largest absolute Gasteiger partial charge is 0.399 e. The maximum atomic E-state index is 12.4. The highest BCUT2D eigenvalue weighted by atomic mass is 32.2. The molecule has 0 saturated heterocycles. The molecule has 0 atom stereocenters. The lowest BCUT2D eigenvalue weighted by Gasteiger charge is -2.09. The van der Waals surface area contributed by atoms with Crippen molar-refractivity contribution in [2.75, 3.05) is 10.5 Å². The molecule has 0 aliphatic heterocycles. The number of nitrogens with zero attached hydrogens (tertiary/aromatic N) is 3. The van der Waals surface area contributed by atoms with E-state index in [0.717, 1.165) is 5.56 Å². The number of sulfonamides is 1. The lowest BCUT2D eigenvalue weighted by atomic mass is 10.2. The molecule has 0 fully saturated rings. The van der Waals surface area contributed by atoms with E-state index in [1.54, 1.807) is 37.5 Å². The zero-order valence-electron chi connectivity index (χ0n) is 12.8. The molecule has 0 radical (unpaired) electrons. The number of benzene rings is 1. The van der Waals surface area contributed by atoms with Gasteiger partial charge < -0.3 is 5.73 Å². The Morgan fingerprint density at radius 3 is 2.33 bits per heavy atom. The summed E-state index contributed by atoms with van der Waals surface area (Å²) < 4.78 is 27.3. The molecule has 3 aromatic rings. The lowest BCUT2D eigenvalue weighted by molar-refractivity contribution is 0.601. The smallest absolute Gasteiger partial charge is 0.264 e. The van der Waals surface area contributed by atoms with Crippen LogP contribution in [0.3, 0.4) is 0 Å². The Morgan fingerprint density at radius 1 is 1.00 bits per heavy atom. The van der Waals surface area contributed by atoms with E-state index < -0.39 is 10.0 Å². The Morgan fingerprint density at radius 2 is 1.67 bits per heavy atom. The van der Waals surface area contributed by atoms with Crippen LogP contribution in [0.15, 0.2) is 59.8 Å². The van der Waals surface area contributed by atoms with E-state index >= 15 is 0 Å². The molecule has 1 aromatic carbocycles. The molecule has 8 heteroatoms. The van der Waals surface area contributed by atoms with Crippen molar-refractivity contribution in [3.8, 4) is 11.3 Å². The first-order chi connectivity index (χ1) is 11.4. The highest BCUT2D eigenvalue weighted by Crippen LogP contribution is 2.20. The zero-order chi connectivity index (χ0) is 17.2. The molecule has 0 saturated carbocycles. The number of pyridine rings is 1. The first-order valence-corrected chi connectivity index (χ1v) is 8.57. The zero-order valence-corrected chi connectivity index (χ0v) is 13.7. The van der Waals surface area contributed by atoms with Gasteiger partial charge in [0.25, 0.3) is 10.0 Å². The summed E-state index contributed by atoms with van der Waals surface area (Å²) in [6.07, 6.45) is 3.29. The summed E-state index contributed by atoms with van der Waals surface area (Å²) in [7, 11) is -3.79. The third-order valence-electron chi connectivity index (χ3n) is 3.25. The maximum absolute atomic E-state index is 12.4. The van der Waals surface area contributed by atoms with Crippen LogP contribution >= 0.6 is 0 Å². The van der Waals surface area contributed by atoms with Crippen LogP contribution in [-0.2, 0) is 10.0 Å². The van der Waals surface area contributed by atoms with Crippen LogP contribution in [0.5, 0.6) is 0 Å². The minimum absolute atomic E-state index is 0.0126. The van der Waals surface area contributed by atoms with Crippen LogP contribution < -0.4 is 10.5 Å². The van der Waals surface area contributed by atoms with Gasteiger partial charge in [-0.25, -0.2) is 23.1 Å². The van der Waals surface area contributed by atoms with Crippen LogP contribution in [0.25, 0.3) is 11.3 Å². The quantitative estimate of drug-likeness (QED) is 0.704. The van der Waals surface area contributed by atoms with Crippen molar-refractivity contribution < 1.29 is 8.42 Å². The highest BCUT2D eigenvalue weighted by molar-refractivity contribution is 7.92. The number of hydrogen-bond acceptors (Lipinski definition) is 6. The molecule has 0 aliphatic carbocycles. The van der Waals surface area contributed by atoms with Gasteiger partial charge in [-0.1, -0.05) is 0 Å². The van der Waals surface area contributed by atoms with Crippen molar-refractivity contribution in [3.05, 3.63) is 60.6 Å². The number of aromatic nitrogens is 3. The number of aryl methyl sites for hydroxylation is 1. The van der Waals surface area contributed by atoms with Gasteiger partial charge in [0.2, 0.25) is 5.95 Å². The molecule has 0 aliphatic rings. The lowest BCUT2D eigenvalue weighted by Crippen LogP contribution is -2.15. The molecule has 7 nitrogen and oxygen atoms in total. The minimum atomic E-state index is -3.79. The second-order valence-electron chi connectivity index (χ2n) is 5.13. The summed E-state index contributed by atoms with van der Waals surface area (Å²) in [4.78, 5) is 12.5. The molecular formula is C16H15N5O2S. The van der Waals surface area contributed by atoms with Crippen LogP contribution in [-0.4, -0.2) is 23.4 Å². The average molecular weight is 341 g/mol. The molecule has 0 bridgehead atoms. The first-order valence-electron chi connectivity index (χ1n) is 7.08. The van der Waals surface area contributed by atoms with E-state index in [-0.39, 0.29) is 10.8 Å². The van der Waals surface area contributed by atoms with E-state index in [2.05, 4.69) is 19.7 Å². The molecular weight excluding hydrogens is 326 g/mol. The standard InChI is InChI=1S/C16H15N5O2S/c1-11-10-15(12-6-8-18-9-7-12)20-16(19-11)21-24(22,23)14-4-2-13(17)3-5-14/h2-10H,17H2,1H3,(H,19,20,21). The van der Waals surface area contributed by atoms with Gasteiger partial charge in [0.1, 0.15) is 0 Å². The molecule has 0 unspecified atom stereocenters. The fraction of sp³-hybridized carbons (Fsp3) is 0.0625. The number of nitrogen functional groups attached to an aromatic ring is 1. The van der Waals surface area contributed by atoms with E-state index in [1.165, 1.54) is 24.3 Å². The topological polar surface area (TPSA) is 111 Å². The summed E-state index contributed by atoms with van der Waals surface area (Å²) in [6, 6.07) is 11.3. The van der Waals surface area contributed by atoms with Gasteiger partial charge in [-0.05, 0) is 49.4 Å². The van der Waals surface area contributed by atoms with Crippen molar-refractivity contribution >= 4 is 21.7 Å². The van der Waals surface area contributed by atoms with Gasteiger partial charge in [0.05, 0.1) is 10.6 Å². The molecule has 2 aromatic heterocycles. The highest BCUT2D eigenvalue weighted by Gasteiger charge is 2.16. The van der Waals surface area contributed by atoms with Crippen LogP contribution in [0.2, 0.25) is 0 Å². The van der Waals surface area contributed by atoms with Crippen molar-refractivity contribution in [3.63, 3.8) is 0 Å². The Balaban J connectivity index is 1.95. The summed E-state index contributed by atoms with van der Waals surface area (Å²) in [5, 5.41) is 0. The normalized spacial score (nSPS) is 11.2. The Bertz CT molecular complexity index is 958. The van der Waals surface area contributed by atoms with E-state index in [4.69, 9.17) is 5.73 Å². The Hall–Kier alpha value is -3.00. The van der Waals surface area contributed by atoms with Crippen LogP contribution in [0.1, 0.15) is 5.69 Å². The number of nitrogens with one attached hydrogen (secondary N) is 1. The summed E-state index contributed by atoms with van der Waals surface area (Å²) in [5.74, 6) is 0.0126. The monoisotopic (exact) mass is 341 g/mol. The van der Waals surface area contributed by atoms with Crippen molar-refractivity contribution in [1.82, 2.24) is 15.0 Å². The number of hydrogen-bond donors (Lipinski definition) is 2. The fourth-order valence-corrected chi connectivity index (χ4v) is 3.05. The third-order valence-corrected chi connectivity index (χ3v) is 4.59. The molecule has 122 valence electrons. The van der Waals surface area contributed by atoms with Gasteiger partial charge in [-0.2, -0.15) is 0 Å². The van der Waals surface area contributed by atoms with Gasteiger partial charge in [-0.15, -0.1) is 0 Å². The Kier molecular flexibility index (Phi) is 4.13. The third kappa shape index (κ3) is 3.49. The van der Waals surface area contributed by atoms with Crippen LogP contribution in [0, 0.1) is 6.92 Å². The van der Waals surface area contributed by atoms with Crippen LogP contribution in [0.4, 0.5) is 11.6 Å². The van der Waals surface area contributed by atoms with Gasteiger partial charge in [0.15, 0.2) is 0 Å². The Labute approximate surface area is 139 Å². The summed E-state index contributed by atoms with van der Waals surface area (Å²) >= 11 is 0. The predicted octanol–water partition coefficient (Wildman–Crippen LogP) is 2.23. The molecule has 3 N–H and O–H groups in total. The van der Waals surface area contributed by atoms with E-state index in [0.29, 0.717) is 17.1 Å². The van der Waals surface area contributed by atoms with Crippen molar-refractivity contribution in [2.24, 2.45) is 0 Å². The maximum Gasteiger partial charge on any atom is 0.264 e. The summed E-state index contributed by atoms with van der Waals surface area (Å²) in [5.41, 5.74) is 8.15. The van der Waals surface area contributed by atoms with Crippen molar-refractivity contribution in [2.45, 2.75) is 11.8 Å². The van der Waals surface area contributed by atoms with E-state index in [9.17, 15) is 8.42 Å². The second-order valence-corrected chi connectivity index (χ2v) is 6.81. The first kappa shape index (κ1) is 15.9. The van der Waals surface area contributed by atoms with Gasteiger partial charge in [0, 0.05) is 29.3 Å². The number of anilines is 2. The fourth-order valence-electron chi connectivity index (χ4n) is 2.11. The molecule has 3 rings (SSSR count). The predicted molar refractivity (Wildman–Crippen MR) is 91.7 cm³/mol. The SMILES string of the molecule is Cc1cc(-c2ccncc2)nc(NS(=O)(=O)c2ccc(N)cc2)n1. The number of nitrogens with two attached hydrogens (primary N) is 1. The molecule has 0 spiro atoms. The second kappa shape index (κ2) is 6.25. The van der Waals surface area contributed by atoms with Gasteiger partial charge in [-0.3, -0.25) is 4.98 Å². The average Bonchev–Trinajstić information content (AvgIpc) is 2.55. The molecule has 24 heavy (non-hydrogen) atoms. The van der Waals surface area contributed by atoms with Crippen molar-refractivity contribution in [1.29, 1.82) is 0 Å². The van der Waals surface area contributed by atoms with Gasteiger partial charge >= 0.3 is 0 Å². The molecule has 2 heterocycles. The number of rotatable bonds is 4. The van der Waals surface area contributed by atoms with E-state index in [1.807, 2.05) is 0 Å². The summed E-state index contributed by atoms with van der Waals surface area (Å²) in [6.45, 7) is 1.77.